The van der Waals surface area contributed by atoms with Gasteiger partial charge in [-0.2, -0.15) is 0 Å². The number of halogens is 1. The van der Waals surface area contributed by atoms with Crippen LogP contribution in [0.1, 0.15) is 29.6 Å². The van der Waals surface area contributed by atoms with Crippen LogP contribution in [0.15, 0.2) is 23.1 Å². The lowest BCUT2D eigenvalue weighted by Gasteiger charge is -2.34. The molecular formula is C14H18ClNO5S. The lowest BCUT2D eigenvalue weighted by atomic mass is 9.80. The summed E-state index contributed by atoms with van der Waals surface area (Å²) in [6, 6.07) is 3.56. The number of nitrogens with one attached hydrogen (secondary N) is 1. The first kappa shape index (κ1) is 17.2. The van der Waals surface area contributed by atoms with E-state index in [9.17, 15) is 13.2 Å². The molecule has 1 aromatic carbocycles. The van der Waals surface area contributed by atoms with Gasteiger partial charge < -0.3 is 9.84 Å². The molecule has 1 fully saturated rings. The molecule has 6 nitrogen and oxygen atoms in total. The number of carboxylic acids is 1. The van der Waals surface area contributed by atoms with Crippen molar-refractivity contribution in [2.45, 2.75) is 30.3 Å². The Morgan fingerprint density at radius 3 is 2.68 bits per heavy atom. The lowest BCUT2D eigenvalue weighted by Crippen LogP contribution is -2.34. The Balaban J connectivity index is 1.94. The van der Waals surface area contributed by atoms with E-state index >= 15 is 0 Å². The Morgan fingerprint density at radius 2 is 2.14 bits per heavy atom. The molecule has 0 spiro atoms. The monoisotopic (exact) mass is 347 g/mol. The zero-order chi connectivity index (χ0) is 16.3. The second kappa shape index (κ2) is 6.95. The summed E-state index contributed by atoms with van der Waals surface area (Å²) in [6.45, 7) is 0.320. The van der Waals surface area contributed by atoms with Crippen LogP contribution in [-0.4, -0.2) is 39.3 Å². The van der Waals surface area contributed by atoms with Crippen molar-refractivity contribution in [1.29, 1.82) is 0 Å². The molecule has 0 bridgehead atoms. The van der Waals surface area contributed by atoms with Crippen LogP contribution in [0, 0.1) is 5.92 Å². The van der Waals surface area contributed by atoms with Gasteiger partial charge in [0.15, 0.2) is 0 Å². The highest BCUT2D eigenvalue weighted by atomic mass is 35.5. The van der Waals surface area contributed by atoms with Crippen LogP contribution < -0.4 is 4.72 Å². The molecule has 0 heterocycles. The van der Waals surface area contributed by atoms with Gasteiger partial charge in [-0.25, -0.2) is 17.9 Å². The van der Waals surface area contributed by atoms with Crippen molar-refractivity contribution in [1.82, 2.24) is 4.72 Å². The number of rotatable bonds is 7. The van der Waals surface area contributed by atoms with Crippen molar-refractivity contribution >= 4 is 27.6 Å². The molecule has 1 saturated carbocycles. The highest BCUT2D eigenvalue weighted by Gasteiger charge is 2.29. The van der Waals surface area contributed by atoms with Gasteiger partial charge >= 0.3 is 5.97 Å². The van der Waals surface area contributed by atoms with Crippen molar-refractivity contribution < 1.29 is 23.1 Å². The largest absolute Gasteiger partial charge is 0.478 e. The van der Waals surface area contributed by atoms with Gasteiger partial charge in [0.05, 0.1) is 16.7 Å². The number of hydrogen-bond donors (Lipinski definition) is 2. The third-order valence-electron chi connectivity index (χ3n) is 3.84. The van der Waals surface area contributed by atoms with E-state index in [1.165, 1.54) is 12.1 Å². The SMILES string of the molecule is COC1CC(CCNS(=O)(=O)c2ccc(C(=O)O)cc2Cl)C1. The maximum absolute atomic E-state index is 12.2. The number of aromatic carboxylic acids is 1. The fourth-order valence-corrected chi connectivity index (χ4v) is 4.02. The molecule has 122 valence electrons. The number of carboxylic acid groups (broad SMARTS) is 1. The summed E-state index contributed by atoms with van der Waals surface area (Å²) < 4.78 is 32.0. The van der Waals surface area contributed by atoms with Crippen molar-refractivity contribution in [3.05, 3.63) is 28.8 Å². The van der Waals surface area contributed by atoms with Crippen LogP contribution in [-0.2, 0) is 14.8 Å². The Morgan fingerprint density at radius 1 is 1.45 bits per heavy atom. The Bertz CT molecular complexity index is 655. The minimum atomic E-state index is -3.74. The van der Waals surface area contributed by atoms with Gasteiger partial charge in [0, 0.05) is 13.7 Å². The zero-order valence-electron chi connectivity index (χ0n) is 12.1. The second-order valence-electron chi connectivity index (χ2n) is 5.33. The fourth-order valence-electron chi connectivity index (χ4n) is 2.43. The number of methoxy groups -OCH3 is 1. The van der Waals surface area contributed by atoms with Crippen LogP contribution in [0.3, 0.4) is 0 Å². The summed E-state index contributed by atoms with van der Waals surface area (Å²) in [5.41, 5.74) is -0.0518. The standard InChI is InChI=1S/C14H18ClNO5S/c1-21-11-6-9(7-11)4-5-16-22(19,20)13-3-2-10(14(17)18)8-12(13)15/h2-3,8-9,11,16H,4-7H2,1H3,(H,17,18). The number of sulfonamides is 1. The lowest BCUT2D eigenvalue weighted by molar-refractivity contribution is -0.000911. The fraction of sp³-hybridized carbons (Fsp3) is 0.500. The average molecular weight is 348 g/mol. The number of ether oxygens (including phenoxy) is 1. The van der Waals surface area contributed by atoms with Crippen LogP contribution in [0.5, 0.6) is 0 Å². The highest BCUT2D eigenvalue weighted by molar-refractivity contribution is 7.89. The van der Waals surface area contributed by atoms with Gasteiger partial charge in [-0.1, -0.05) is 11.6 Å². The van der Waals surface area contributed by atoms with Gasteiger partial charge in [0.1, 0.15) is 4.90 Å². The van der Waals surface area contributed by atoms with E-state index in [0.717, 1.165) is 25.3 Å². The Kier molecular flexibility index (Phi) is 5.44. The number of benzene rings is 1. The van der Waals surface area contributed by atoms with E-state index in [-0.39, 0.29) is 15.5 Å². The normalized spacial score (nSPS) is 21.4. The highest BCUT2D eigenvalue weighted by Crippen LogP contribution is 2.32. The van der Waals surface area contributed by atoms with Gasteiger partial charge in [0.25, 0.3) is 0 Å². The summed E-state index contributed by atoms with van der Waals surface area (Å²) in [5, 5.41) is 8.75. The molecule has 1 aromatic rings. The van der Waals surface area contributed by atoms with Crippen LogP contribution in [0.25, 0.3) is 0 Å². The van der Waals surface area contributed by atoms with Crippen LogP contribution in [0.4, 0.5) is 0 Å². The first-order chi connectivity index (χ1) is 10.3. The minimum absolute atomic E-state index is 0.0518. The summed E-state index contributed by atoms with van der Waals surface area (Å²) >= 11 is 5.88. The first-order valence-electron chi connectivity index (χ1n) is 6.89. The molecule has 1 aliphatic carbocycles. The summed E-state index contributed by atoms with van der Waals surface area (Å²) in [6.07, 6.45) is 2.93. The molecule has 0 aliphatic heterocycles. The van der Waals surface area contributed by atoms with E-state index in [4.69, 9.17) is 21.4 Å². The van der Waals surface area contributed by atoms with Crippen molar-refractivity contribution in [2.75, 3.05) is 13.7 Å². The molecule has 2 rings (SSSR count). The molecule has 0 aromatic heterocycles. The van der Waals surface area contributed by atoms with E-state index in [2.05, 4.69) is 4.72 Å². The maximum atomic E-state index is 12.2. The summed E-state index contributed by atoms with van der Waals surface area (Å²) in [7, 11) is -2.07. The third kappa shape index (κ3) is 3.98. The first-order valence-corrected chi connectivity index (χ1v) is 8.75. The molecule has 0 atom stereocenters. The smallest absolute Gasteiger partial charge is 0.335 e. The van der Waals surface area contributed by atoms with Gasteiger partial charge in [-0.05, 0) is 43.4 Å². The quantitative estimate of drug-likeness (QED) is 0.788. The molecule has 0 amide bonds. The Hall–Kier alpha value is -1.15. The van der Waals surface area contributed by atoms with E-state index < -0.39 is 16.0 Å². The third-order valence-corrected chi connectivity index (χ3v) is 5.78. The van der Waals surface area contributed by atoms with Gasteiger partial charge in [-0.3, -0.25) is 0 Å². The summed E-state index contributed by atoms with van der Waals surface area (Å²) in [5.74, 6) is -0.686. The van der Waals surface area contributed by atoms with Crippen molar-refractivity contribution in [2.24, 2.45) is 5.92 Å². The maximum Gasteiger partial charge on any atom is 0.335 e. The summed E-state index contributed by atoms with van der Waals surface area (Å²) in [4.78, 5) is 10.7. The minimum Gasteiger partial charge on any atom is -0.478 e. The zero-order valence-corrected chi connectivity index (χ0v) is 13.7. The molecular weight excluding hydrogens is 330 g/mol. The number of carbonyl (C=O) groups is 1. The van der Waals surface area contributed by atoms with Crippen molar-refractivity contribution in [3.63, 3.8) is 0 Å². The van der Waals surface area contributed by atoms with E-state index in [0.29, 0.717) is 18.6 Å². The molecule has 8 heteroatoms. The van der Waals surface area contributed by atoms with E-state index in [1.54, 1.807) is 7.11 Å². The second-order valence-corrected chi connectivity index (χ2v) is 7.47. The van der Waals surface area contributed by atoms with Crippen LogP contribution >= 0.6 is 11.6 Å². The number of hydrogen-bond acceptors (Lipinski definition) is 4. The van der Waals surface area contributed by atoms with Crippen molar-refractivity contribution in [3.8, 4) is 0 Å². The predicted molar refractivity (Wildman–Crippen MR) is 81.7 cm³/mol. The molecule has 0 unspecified atom stereocenters. The van der Waals surface area contributed by atoms with Gasteiger partial charge in [0.2, 0.25) is 10.0 Å². The predicted octanol–water partition coefficient (Wildman–Crippen LogP) is 2.13. The Labute approximate surface area is 134 Å². The topological polar surface area (TPSA) is 92.7 Å². The average Bonchev–Trinajstić information content (AvgIpc) is 2.40. The molecule has 2 N–H and O–H groups in total. The van der Waals surface area contributed by atoms with Gasteiger partial charge in [-0.15, -0.1) is 0 Å². The van der Waals surface area contributed by atoms with E-state index in [1.807, 2.05) is 0 Å². The molecule has 0 radical (unpaired) electrons. The molecule has 22 heavy (non-hydrogen) atoms. The molecule has 1 aliphatic rings. The van der Waals surface area contributed by atoms with Crippen LogP contribution in [0.2, 0.25) is 5.02 Å². The molecule has 0 saturated heterocycles.